The molecule has 154 valence electrons. The lowest BCUT2D eigenvalue weighted by molar-refractivity contribution is -0.266. The third-order valence-electron chi connectivity index (χ3n) is 7.82. The fourth-order valence-corrected chi connectivity index (χ4v) is 7.11. The lowest BCUT2D eigenvalue weighted by atomic mass is 9.65. The molecule has 0 aromatic heterocycles. The van der Waals surface area contributed by atoms with Gasteiger partial charge in [-0.3, -0.25) is 0 Å². The SMILES string of the molecule is CC(C)(C)OC(=O)OC(C)(CC1CC2CC1C1C3CCC(C3)C21)C(F)(F)F. The largest absolute Gasteiger partial charge is 0.509 e. The van der Waals surface area contributed by atoms with E-state index in [1.54, 1.807) is 20.8 Å². The van der Waals surface area contributed by atoms with E-state index < -0.39 is 23.5 Å². The molecule has 0 amide bonds. The molecule has 4 rings (SSSR count). The van der Waals surface area contributed by atoms with Crippen LogP contribution in [0.15, 0.2) is 0 Å². The summed E-state index contributed by atoms with van der Waals surface area (Å²) >= 11 is 0. The number of ether oxygens (including phenoxy) is 2. The van der Waals surface area contributed by atoms with Crippen LogP contribution in [-0.4, -0.2) is 23.5 Å². The zero-order chi connectivity index (χ0) is 19.8. The molecule has 0 N–H and O–H groups in total. The van der Waals surface area contributed by atoms with Gasteiger partial charge in [-0.2, -0.15) is 13.2 Å². The number of hydrogen-bond donors (Lipinski definition) is 0. The quantitative estimate of drug-likeness (QED) is 0.441. The van der Waals surface area contributed by atoms with Gasteiger partial charge in [-0.05, 0) is 108 Å². The van der Waals surface area contributed by atoms with E-state index in [0.717, 1.165) is 37.5 Å². The smallest absolute Gasteiger partial charge is 0.429 e. The molecule has 4 bridgehead atoms. The molecule has 0 heterocycles. The summed E-state index contributed by atoms with van der Waals surface area (Å²) in [5.74, 6) is 3.87. The molecule has 6 heteroatoms. The topological polar surface area (TPSA) is 35.5 Å². The maximum atomic E-state index is 13.9. The monoisotopic (exact) mass is 388 g/mol. The summed E-state index contributed by atoms with van der Waals surface area (Å²) in [5, 5.41) is 0. The highest BCUT2D eigenvalue weighted by Crippen LogP contribution is 2.69. The highest BCUT2D eigenvalue weighted by Gasteiger charge is 2.65. The second kappa shape index (κ2) is 6.03. The Hall–Kier alpha value is -0.940. The first-order valence-electron chi connectivity index (χ1n) is 10.4. The molecule has 0 aromatic carbocycles. The van der Waals surface area contributed by atoms with E-state index in [-0.39, 0.29) is 12.3 Å². The third kappa shape index (κ3) is 3.25. The van der Waals surface area contributed by atoms with Crippen molar-refractivity contribution in [2.45, 2.75) is 83.6 Å². The van der Waals surface area contributed by atoms with Crippen molar-refractivity contribution in [3.63, 3.8) is 0 Å². The van der Waals surface area contributed by atoms with Crippen molar-refractivity contribution in [1.82, 2.24) is 0 Å². The minimum atomic E-state index is -4.61. The predicted octanol–water partition coefficient (Wildman–Crippen LogP) is 5.97. The van der Waals surface area contributed by atoms with E-state index in [1.807, 2.05) is 0 Å². The van der Waals surface area contributed by atoms with Crippen LogP contribution < -0.4 is 0 Å². The van der Waals surface area contributed by atoms with E-state index in [0.29, 0.717) is 17.8 Å². The van der Waals surface area contributed by atoms with Crippen molar-refractivity contribution in [1.29, 1.82) is 0 Å². The van der Waals surface area contributed by atoms with Crippen LogP contribution in [0.5, 0.6) is 0 Å². The maximum absolute atomic E-state index is 13.9. The molecule has 0 saturated heterocycles. The molecule has 0 spiro atoms. The van der Waals surface area contributed by atoms with Gasteiger partial charge >= 0.3 is 12.3 Å². The van der Waals surface area contributed by atoms with Crippen LogP contribution >= 0.6 is 0 Å². The van der Waals surface area contributed by atoms with Gasteiger partial charge in [0.25, 0.3) is 0 Å². The molecule has 8 atom stereocenters. The fourth-order valence-electron chi connectivity index (χ4n) is 7.11. The van der Waals surface area contributed by atoms with Crippen LogP contribution in [0.2, 0.25) is 0 Å². The van der Waals surface area contributed by atoms with Crippen molar-refractivity contribution in [2.24, 2.45) is 41.4 Å². The Kier molecular flexibility index (Phi) is 4.33. The van der Waals surface area contributed by atoms with Gasteiger partial charge in [-0.25, -0.2) is 4.79 Å². The minimum absolute atomic E-state index is 0.00957. The Morgan fingerprint density at radius 3 is 2.11 bits per heavy atom. The minimum Gasteiger partial charge on any atom is -0.429 e. The molecule has 27 heavy (non-hydrogen) atoms. The average Bonchev–Trinajstić information content (AvgIpc) is 3.22. The predicted molar refractivity (Wildman–Crippen MR) is 93.9 cm³/mol. The van der Waals surface area contributed by atoms with Crippen LogP contribution in [-0.2, 0) is 9.47 Å². The Morgan fingerprint density at radius 1 is 0.889 bits per heavy atom. The summed E-state index contributed by atoms with van der Waals surface area (Å²) < 4.78 is 51.6. The van der Waals surface area contributed by atoms with Gasteiger partial charge in [-0.15, -0.1) is 0 Å². The highest BCUT2D eigenvalue weighted by molar-refractivity contribution is 5.61. The van der Waals surface area contributed by atoms with Crippen molar-refractivity contribution in [3.05, 3.63) is 0 Å². The number of alkyl halides is 3. The van der Waals surface area contributed by atoms with Gasteiger partial charge in [-0.1, -0.05) is 0 Å². The van der Waals surface area contributed by atoms with Crippen LogP contribution in [0.4, 0.5) is 18.0 Å². The number of carbonyl (C=O) groups is 1. The van der Waals surface area contributed by atoms with E-state index in [4.69, 9.17) is 9.47 Å². The zero-order valence-electron chi connectivity index (χ0n) is 16.6. The molecule has 0 radical (unpaired) electrons. The van der Waals surface area contributed by atoms with E-state index in [2.05, 4.69) is 0 Å². The third-order valence-corrected chi connectivity index (χ3v) is 7.82. The summed E-state index contributed by atoms with van der Waals surface area (Å²) in [6.07, 6.45) is -0.180. The lowest BCUT2D eigenvalue weighted by Crippen LogP contribution is -2.49. The van der Waals surface area contributed by atoms with Crippen molar-refractivity contribution < 1.29 is 27.4 Å². The molecule has 4 aliphatic rings. The van der Waals surface area contributed by atoms with Gasteiger partial charge in [0, 0.05) is 0 Å². The highest BCUT2D eigenvalue weighted by atomic mass is 19.4. The molecular formula is C21H31F3O3. The first-order chi connectivity index (χ1) is 12.4. The summed E-state index contributed by atoms with van der Waals surface area (Å²) in [7, 11) is 0. The van der Waals surface area contributed by atoms with E-state index in [9.17, 15) is 18.0 Å². The lowest BCUT2D eigenvalue weighted by Gasteiger charge is -2.42. The van der Waals surface area contributed by atoms with Gasteiger partial charge in [0.05, 0.1) is 0 Å². The first-order valence-corrected chi connectivity index (χ1v) is 10.4. The average molecular weight is 388 g/mol. The van der Waals surface area contributed by atoms with Crippen LogP contribution in [0, 0.1) is 41.4 Å². The first kappa shape index (κ1) is 19.4. The number of rotatable bonds is 3. The van der Waals surface area contributed by atoms with Crippen molar-refractivity contribution >= 4 is 6.16 Å². The summed E-state index contributed by atoms with van der Waals surface area (Å²) in [5.41, 5.74) is -3.37. The van der Waals surface area contributed by atoms with Gasteiger partial charge in [0.1, 0.15) is 5.60 Å². The molecule has 3 nitrogen and oxygen atoms in total. The van der Waals surface area contributed by atoms with Crippen LogP contribution in [0.25, 0.3) is 0 Å². The fraction of sp³-hybridized carbons (Fsp3) is 0.952. The van der Waals surface area contributed by atoms with E-state index >= 15 is 0 Å². The van der Waals surface area contributed by atoms with E-state index in [1.165, 1.54) is 19.3 Å². The summed E-state index contributed by atoms with van der Waals surface area (Å²) in [6, 6.07) is 0. The summed E-state index contributed by atoms with van der Waals surface area (Å²) in [6.45, 7) is 5.86. The molecule has 4 saturated carbocycles. The van der Waals surface area contributed by atoms with Gasteiger partial charge in [0.2, 0.25) is 5.60 Å². The normalized spacial score (nSPS) is 42.1. The zero-order valence-corrected chi connectivity index (χ0v) is 16.6. The summed E-state index contributed by atoms with van der Waals surface area (Å²) in [4.78, 5) is 12.0. The second-order valence-corrected chi connectivity index (χ2v) is 10.6. The van der Waals surface area contributed by atoms with Gasteiger partial charge < -0.3 is 9.47 Å². The van der Waals surface area contributed by atoms with Crippen LogP contribution in [0.1, 0.15) is 66.2 Å². The molecule has 4 aliphatic carbocycles. The maximum Gasteiger partial charge on any atom is 0.509 e. The number of carbonyl (C=O) groups excluding carboxylic acids is 1. The van der Waals surface area contributed by atoms with Gasteiger partial charge in [0.15, 0.2) is 0 Å². The van der Waals surface area contributed by atoms with Crippen LogP contribution in [0.3, 0.4) is 0 Å². The number of halogens is 3. The Morgan fingerprint density at radius 2 is 1.52 bits per heavy atom. The molecule has 0 aliphatic heterocycles. The Bertz CT molecular complexity index is 611. The Balaban J connectivity index is 1.48. The molecule has 8 unspecified atom stereocenters. The molecule has 4 fully saturated rings. The molecule has 0 aromatic rings. The molecular weight excluding hydrogens is 357 g/mol. The standard InChI is InChI=1S/C21H31F3O3/c1-19(2,3)26-18(25)27-20(4,21(22,23)24)10-14-8-13-9-15(14)17-12-6-5-11(7-12)16(13)17/h11-17H,5-10H2,1-4H3. The van der Waals surface area contributed by atoms with Crippen molar-refractivity contribution in [2.75, 3.05) is 0 Å². The number of fused-ring (bicyclic) bond motifs is 9. The van der Waals surface area contributed by atoms with Crippen molar-refractivity contribution in [3.8, 4) is 0 Å². The number of hydrogen-bond acceptors (Lipinski definition) is 3. The second-order valence-electron chi connectivity index (χ2n) is 10.6. The Labute approximate surface area is 159 Å².